The van der Waals surface area contributed by atoms with Crippen LogP contribution in [0.15, 0.2) is 42.1 Å². The molecule has 1 atom stereocenters. The topological polar surface area (TPSA) is 41.5 Å². The van der Waals surface area contributed by atoms with Gasteiger partial charge in [-0.05, 0) is 13.0 Å². The number of hydrogen-bond acceptors (Lipinski definition) is 3. The third-order valence-corrected chi connectivity index (χ3v) is 2.01. The van der Waals surface area contributed by atoms with E-state index in [-0.39, 0.29) is 6.04 Å². The molecule has 0 saturated carbocycles. The minimum absolute atomic E-state index is 0.316. The standard InChI is InChI=1S/C11H14N2O/c1-3-8-12-11-7-5-4-6-10(11)9(2)13-14/h3-7,9,12H,1,8H2,2H3. The Morgan fingerprint density at radius 2 is 2.29 bits per heavy atom. The molecule has 3 nitrogen and oxygen atoms in total. The van der Waals surface area contributed by atoms with Gasteiger partial charge in [0.15, 0.2) is 0 Å². The second-order valence-corrected chi connectivity index (χ2v) is 3.04. The van der Waals surface area contributed by atoms with Crippen molar-refractivity contribution in [3.05, 3.63) is 47.4 Å². The highest BCUT2D eigenvalue weighted by atomic mass is 16.3. The summed E-state index contributed by atoms with van der Waals surface area (Å²) in [5.41, 5.74) is 1.86. The van der Waals surface area contributed by atoms with Gasteiger partial charge in [-0.25, -0.2) is 0 Å². The Morgan fingerprint density at radius 1 is 1.57 bits per heavy atom. The normalized spacial score (nSPS) is 11.8. The number of para-hydroxylation sites is 1. The first kappa shape index (κ1) is 10.4. The van der Waals surface area contributed by atoms with E-state index in [1.807, 2.05) is 24.3 Å². The first-order valence-corrected chi connectivity index (χ1v) is 4.55. The van der Waals surface area contributed by atoms with Gasteiger partial charge in [-0.15, -0.1) is 6.58 Å². The quantitative estimate of drug-likeness (QED) is 0.572. The first-order chi connectivity index (χ1) is 6.79. The van der Waals surface area contributed by atoms with Crippen molar-refractivity contribution in [1.29, 1.82) is 0 Å². The van der Waals surface area contributed by atoms with Crippen LogP contribution in [0.1, 0.15) is 18.5 Å². The molecular weight excluding hydrogens is 176 g/mol. The lowest BCUT2D eigenvalue weighted by Crippen LogP contribution is -2.02. The monoisotopic (exact) mass is 190 g/mol. The van der Waals surface area contributed by atoms with Crippen molar-refractivity contribution in [2.24, 2.45) is 5.18 Å². The fourth-order valence-electron chi connectivity index (χ4n) is 1.26. The van der Waals surface area contributed by atoms with Crippen molar-refractivity contribution in [3.63, 3.8) is 0 Å². The molecule has 0 aliphatic heterocycles. The molecule has 0 aliphatic rings. The molecule has 0 aromatic heterocycles. The Hall–Kier alpha value is -1.64. The molecular formula is C11H14N2O. The third-order valence-electron chi connectivity index (χ3n) is 2.01. The molecule has 0 spiro atoms. The van der Waals surface area contributed by atoms with Gasteiger partial charge in [0.05, 0.1) is 0 Å². The second-order valence-electron chi connectivity index (χ2n) is 3.04. The molecule has 0 heterocycles. The maximum atomic E-state index is 10.4. The van der Waals surface area contributed by atoms with Gasteiger partial charge >= 0.3 is 0 Å². The Balaban J connectivity index is 2.90. The van der Waals surface area contributed by atoms with E-state index < -0.39 is 0 Å². The van der Waals surface area contributed by atoms with Crippen LogP contribution in [0.4, 0.5) is 5.69 Å². The van der Waals surface area contributed by atoms with E-state index in [1.165, 1.54) is 0 Å². The van der Waals surface area contributed by atoms with Crippen LogP contribution in [0.3, 0.4) is 0 Å². The Kier molecular flexibility index (Phi) is 3.85. The highest BCUT2D eigenvalue weighted by molar-refractivity contribution is 5.52. The smallest absolute Gasteiger partial charge is 0.116 e. The average Bonchev–Trinajstić information content (AvgIpc) is 2.25. The van der Waals surface area contributed by atoms with Crippen molar-refractivity contribution in [2.75, 3.05) is 11.9 Å². The number of nitrogens with one attached hydrogen (secondary N) is 1. The van der Waals surface area contributed by atoms with Crippen LogP contribution in [-0.4, -0.2) is 6.54 Å². The number of nitroso groups, excluding NO2 is 1. The van der Waals surface area contributed by atoms with E-state index in [0.717, 1.165) is 11.3 Å². The predicted molar refractivity (Wildman–Crippen MR) is 59.3 cm³/mol. The lowest BCUT2D eigenvalue weighted by molar-refractivity contribution is 0.812. The van der Waals surface area contributed by atoms with Crippen LogP contribution in [0.25, 0.3) is 0 Å². The summed E-state index contributed by atoms with van der Waals surface area (Å²) in [7, 11) is 0. The fraction of sp³-hybridized carbons (Fsp3) is 0.273. The van der Waals surface area contributed by atoms with Gasteiger partial charge in [0.2, 0.25) is 0 Å². The molecule has 0 amide bonds. The first-order valence-electron chi connectivity index (χ1n) is 4.55. The maximum Gasteiger partial charge on any atom is 0.116 e. The second kappa shape index (κ2) is 5.17. The van der Waals surface area contributed by atoms with E-state index in [2.05, 4.69) is 17.1 Å². The zero-order valence-corrected chi connectivity index (χ0v) is 8.23. The van der Waals surface area contributed by atoms with Gasteiger partial charge in [-0.2, -0.15) is 4.91 Å². The van der Waals surface area contributed by atoms with Gasteiger partial charge in [0.1, 0.15) is 6.04 Å². The van der Waals surface area contributed by atoms with Gasteiger partial charge in [-0.1, -0.05) is 29.5 Å². The molecule has 1 aromatic carbocycles. The Morgan fingerprint density at radius 3 is 2.93 bits per heavy atom. The molecule has 1 unspecified atom stereocenters. The summed E-state index contributed by atoms with van der Waals surface area (Å²) in [5, 5.41) is 6.17. The molecule has 0 radical (unpaired) electrons. The minimum Gasteiger partial charge on any atom is -0.381 e. The van der Waals surface area contributed by atoms with Gasteiger partial charge < -0.3 is 5.32 Å². The molecule has 0 saturated heterocycles. The van der Waals surface area contributed by atoms with E-state index >= 15 is 0 Å². The molecule has 0 fully saturated rings. The molecule has 1 N–H and O–H groups in total. The van der Waals surface area contributed by atoms with Gasteiger partial charge in [0.25, 0.3) is 0 Å². The van der Waals surface area contributed by atoms with Crippen LogP contribution in [0.2, 0.25) is 0 Å². The zero-order chi connectivity index (χ0) is 10.4. The molecule has 14 heavy (non-hydrogen) atoms. The summed E-state index contributed by atoms with van der Waals surface area (Å²) in [6, 6.07) is 7.34. The lowest BCUT2D eigenvalue weighted by atomic mass is 10.1. The number of hydrogen-bond donors (Lipinski definition) is 1. The van der Waals surface area contributed by atoms with Crippen LogP contribution in [0, 0.1) is 4.91 Å². The van der Waals surface area contributed by atoms with Crippen molar-refractivity contribution in [1.82, 2.24) is 0 Å². The zero-order valence-electron chi connectivity index (χ0n) is 8.23. The van der Waals surface area contributed by atoms with Crippen LogP contribution in [0.5, 0.6) is 0 Å². The Labute approximate surface area is 83.8 Å². The van der Waals surface area contributed by atoms with Crippen molar-refractivity contribution < 1.29 is 0 Å². The summed E-state index contributed by atoms with van der Waals surface area (Å²) in [5.74, 6) is 0. The molecule has 1 aromatic rings. The van der Waals surface area contributed by atoms with E-state index in [0.29, 0.717) is 6.54 Å². The Bertz CT molecular complexity index is 323. The predicted octanol–water partition coefficient (Wildman–Crippen LogP) is 3.11. The lowest BCUT2D eigenvalue weighted by Gasteiger charge is -2.11. The number of anilines is 1. The van der Waals surface area contributed by atoms with Crippen LogP contribution in [-0.2, 0) is 0 Å². The number of benzene rings is 1. The SMILES string of the molecule is C=CCNc1ccccc1C(C)N=O. The summed E-state index contributed by atoms with van der Waals surface area (Å²) >= 11 is 0. The number of nitrogens with zero attached hydrogens (tertiary/aromatic N) is 1. The maximum absolute atomic E-state index is 10.4. The third kappa shape index (κ3) is 2.42. The summed E-state index contributed by atoms with van der Waals surface area (Å²) in [4.78, 5) is 10.4. The van der Waals surface area contributed by atoms with Crippen molar-refractivity contribution in [3.8, 4) is 0 Å². The molecule has 1 rings (SSSR count). The van der Waals surface area contributed by atoms with Gasteiger partial charge in [0, 0.05) is 17.8 Å². The average molecular weight is 190 g/mol. The van der Waals surface area contributed by atoms with Crippen molar-refractivity contribution >= 4 is 5.69 Å². The van der Waals surface area contributed by atoms with Gasteiger partial charge in [-0.3, -0.25) is 0 Å². The number of rotatable bonds is 5. The highest BCUT2D eigenvalue weighted by Crippen LogP contribution is 2.24. The van der Waals surface area contributed by atoms with Crippen LogP contribution < -0.4 is 5.32 Å². The van der Waals surface area contributed by atoms with E-state index in [9.17, 15) is 4.91 Å². The molecule has 3 heteroatoms. The fourth-order valence-corrected chi connectivity index (χ4v) is 1.26. The summed E-state index contributed by atoms with van der Waals surface area (Å²) in [6.45, 7) is 6.09. The summed E-state index contributed by atoms with van der Waals surface area (Å²) in [6.07, 6.45) is 1.77. The van der Waals surface area contributed by atoms with E-state index in [1.54, 1.807) is 13.0 Å². The molecule has 0 bridgehead atoms. The van der Waals surface area contributed by atoms with Crippen LogP contribution >= 0.6 is 0 Å². The molecule has 0 aliphatic carbocycles. The van der Waals surface area contributed by atoms with E-state index in [4.69, 9.17) is 0 Å². The highest BCUT2D eigenvalue weighted by Gasteiger charge is 2.08. The summed E-state index contributed by atoms with van der Waals surface area (Å²) < 4.78 is 0. The minimum atomic E-state index is -0.316. The largest absolute Gasteiger partial charge is 0.381 e. The molecule has 74 valence electrons. The van der Waals surface area contributed by atoms with Crippen molar-refractivity contribution in [2.45, 2.75) is 13.0 Å².